The first-order valence-electron chi connectivity index (χ1n) is 4.49. The van der Waals surface area contributed by atoms with Gasteiger partial charge >= 0.3 is 0 Å². The number of aliphatic hydroxyl groups excluding tert-OH is 1. The van der Waals surface area contributed by atoms with Crippen LogP contribution in [0.5, 0.6) is 0 Å². The molecule has 13 heavy (non-hydrogen) atoms. The van der Waals surface area contributed by atoms with Crippen molar-refractivity contribution < 1.29 is 9.90 Å². The van der Waals surface area contributed by atoms with Crippen LogP contribution in [0, 0.1) is 18.3 Å². The Balaban J connectivity index is 2.21. The van der Waals surface area contributed by atoms with Crippen molar-refractivity contribution in [2.45, 2.75) is 25.4 Å². The average molecular weight is 181 g/mol. The number of amides is 1. The van der Waals surface area contributed by atoms with Gasteiger partial charge in [0.1, 0.15) is 0 Å². The van der Waals surface area contributed by atoms with E-state index in [9.17, 15) is 4.79 Å². The highest BCUT2D eigenvalue weighted by Gasteiger charge is 2.28. The standard InChI is InChI=1S/C10H15NO2/c1-3-4-10(13)11(2)7-8-5-9(12)6-8/h1,8-9,12H,4-7H2,2H3. The van der Waals surface area contributed by atoms with E-state index in [0.717, 1.165) is 19.4 Å². The number of hydrogen-bond donors (Lipinski definition) is 1. The van der Waals surface area contributed by atoms with Gasteiger partial charge < -0.3 is 10.0 Å². The number of carbonyl (C=O) groups excluding carboxylic acids is 1. The smallest absolute Gasteiger partial charge is 0.234 e. The fourth-order valence-electron chi connectivity index (χ4n) is 1.56. The van der Waals surface area contributed by atoms with Gasteiger partial charge in [0, 0.05) is 13.6 Å². The topological polar surface area (TPSA) is 40.5 Å². The molecule has 1 N–H and O–H groups in total. The molecule has 0 aliphatic heterocycles. The van der Waals surface area contributed by atoms with Gasteiger partial charge in [-0.1, -0.05) is 5.92 Å². The van der Waals surface area contributed by atoms with Gasteiger partial charge in [0.05, 0.1) is 12.5 Å². The van der Waals surface area contributed by atoms with Crippen LogP contribution >= 0.6 is 0 Å². The number of aliphatic hydroxyl groups is 1. The summed E-state index contributed by atoms with van der Waals surface area (Å²) >= 11 is 0. The second-order valence-corrected chi connectivity index (χ2v) is 3.65. The van der Waals surface area contributed by atoms with Crippen LogP contribution < -0.4 is 0 Å². The Hall–Kier alpha value is -1.01. The lowest BCUT2D eigenvalue weighted by molar-refractivity contribution is -0.130. The Morgan fingerprint density at radius 1 is 1.69 bits per heavy atom. The maximum absolute atomic E-state index is 11.2. The molecule has 1 saturated carbocycles. The van der Waals surface area contributed by atoms with Gasteiger partial charge in [0.2, 0.25) is 5.91 Å². The van der Waals surface area contributed by atoms with E-state index in [1.54, 1.807) is 11.9 Å². The molecule has 0 bridgehead atoms. The Morgan fingerprint density at radius 3 is 2.77 bits per heavy atom. The molecule has 72 valence electrons. The summed E-state index contributed by atoms with van der Waals surface area (Å²) in [6, 6.07) is 0. The Kier molecular flexibility index (Phi) is 3.32. The highest BCUT2D eigenvalue weighted by Crippen LogP contribution is 2.27. The fourth-order valence-corrected chi connectivity index (χ4v) is 1.56. The second-order valence-electron chi connectivity index (χ2n) is 3.65. The summed E-state index contributed by atoms with van der Waals surface area (Å²) in [5.74, 6) is 2.78. The minimum absolute atomic E-state index is 0.0103. The first kappa shape index (κ1) is 10.1. The first-order chi connectivity index (χ1) is 6.13. The zero-order chi connectivity index (χ0) is 9.84. The van der Waals surface area contributed by atoms with E-state index in [1.165, 1.54) is 0 Å². The summed E-state index contributed by atoms with van der Waals surface area (Å²) in [7, 11) is 1.75. The predicted octanol–water partition coefficient (Wildman–Crippen LogP) is 0.239. The second kappa shape index (κ2) is 4.29. The zero-order valence-corrected chi connectivity index (χ0v) is 7.86. The van der Waals surface area contributed by atoms with Crippen LogP contribution in [0.3, 0.4) is 0 Å². The molecule has 1 amide bonds. The highest BCUT2D eigenvalue weighted by molar-refractivity contribution is 5.78. The molecule has 1 aliphatic rings. The number of nitrogens with zero attached hydrogens (tertiary/aromatic N) is 1. The third kappa shape index (κ3) is 2.74. The number of carbonyl (C=O) groups is 1. The lowest BCUT2D eigenvalue weighted by atomic mass is 9.82. The van der Waals surface area contributed by atoms with Crippen molar-refractivity contribution >= 4 is 5.91 Å². The van der Waals surface area contributed by atoms with Crippen molar-refractivity contribution in [1.29, 1.82) is 0 Å². The quantitative estimate of drug-likeness (QED) is 0.633. The van der Waals surface area contributed by atoms with Crippen molar-refractivity contribution in [1.82, 2.24) is 4.90 Å². The lowest BCUT2D eigenvalue weighted by Crippen LogP contribution is -2.39. The third-order valence-corrected chi connectivity index (χ3v) is 2.42. The summed E-state index contributed by atoms with van der Waals surface area (Å²) in [5.41, 5.74) is 0. The molecule has 0 atom stereocenters. The molecule has 0 aromatic heterocycles. The molecular formula is C10H15NO2. The lowest BCUT2D eigenvalue weighted by Gasteiger charge is -2.34. The maximum atomic E-state index is 11.2. The maximum Gasteiger partial charge on any atom is 0.234 e. The molecule has 0 aromatic rings. The van der Waals surface area contributed by atoms with E-state index >= 15 is 0 Å². The van der Waals surface area contributed by atoms with Gasteiger partial charge in [0.15, 0.2) is 0 Å². The van der Waals surface area contributed by atoms with Crippen molar-refractivity contribution in [2.24, 2.45) is 5.92 Å². The van der Waals surface area contributed by atoms with Crippen LogP contribution in [-0.2, 0) is 4.79 Å². The average Bonchev–Trinajstić information content (AvgIpc) is 2.02. The molecule has 0 heterocycles. The van der Waals surface area contributed by atoms with Crippen LogP contribution in [0.4, 0.5) is 0 Å². The largest absolute Gasteiger partial charge is 0.393 e. The van der Waals surface area contributed by atoms with E-state index in [0.29, 0.717) is 5.92 Å². The summed E-state index contributed by atoms with van der Waals surface area (Å²) in [4.78, 5) is 12.9. The van der Waals surface area contributed by atoms with Gasteiger partial charge in [-0.3, -0.25) is 4.79 Å². The Morgan fingerprint density at radius 2 is 2.31 bits per heavy atom. The molecule has 1 fully saturated rings. The van der Waals surface area contributed by atoms with E-state index in [4.69, 9.17) is 11.5 Å². The minimum Gasteiger partial charge on any atom is -0.393 e. The van der Waals surface area contributed by atoms with Gasteiger partial charge in [-0.25, -0.2) is 0 Å². The van der Waals surface area contributed by atoms with Gasteiger partial charge in [0.25, 0.3) is 0 Å². The van der Waals surface area contributed by atoms with Crippen LogP contribution in [0.1, 0.15) is 19.3 Å². The predicted molar refractivity (Wildman–Crippen MR) is 49.8 cm³/mol. The summed E-state index contributed by atoms with van der Waals surface area (Å²) in [6.07, 6.45) is 6.68. The molecule has 0 saturated heterocycles. The minimum atomic E-state index is -0.152. The monoisotopic (exact) mass is 181 g/mol. The summed E-state index contributed by atoms with van der Waals surface area (Å²) in [6.45, 7) is 0.720. The summed E-state index contributed by atoms with van der Waals surface area (Å²) < 4.78 is 0. The van der Waals surface area contributed by atoms with E-state index in [2.05, 4.69) is 5.92 Å². The van der Waals surface area contributed by atoms with Crippen LogP contribution in [0.15, 0.2) is 0 Å². The van der Waals surface area contributed by atoms with E-state index < -0.39 is 0 Å². The molecule has 3 heteroatoms. The van der Waals surface area contributed by atoms with Crippen LogP contribution in [0.25, 0.3) is 0 Å². The fraction of sp³-hybridized carbons (Fsp3) is 0.700. The van der Waals surface area contributed by atoms with E-state index in [1.807, 2.05) is 0 Å². The van der Waals surface area contributed by atoms with Gasteiger partial charge in [-0.2, -0.15) is 0 Å². The SMILES string of the molecule is C#CCC(=O)N(C)CC1CC(O)C1. The van der Waals surface area contributed by atoms with Gasteiger partial charge in [-0.15, -0.1) is 6.42 Å². The number of hydrogen-bond acceptors (Lipinski definition) is 2. The molecule has 0 unspecified atom stereocenters. The number of terminal acetylenes is 1. The molecule has 0 spiro atoms. The van der Waals surface area contributed by atoms with Crippen LogP contribution in [0.2, 0.25) is 0 Å². The Bertz CT molecular complexity index is 226. The van der Waals surface area contributed by atoms with E-state index in [-0.39, 0.29) is 18.4 Å². The normalized spacial score (nSPS) is 25.9. The van der Waals surface area contributed by atoms with Crippen molar-refractivity contribution in [3.8, 4) is 12.3 Å². The third-order valence-electron chi connectivity index (χ3n) is 2.42. The number of rotatable bonds is 3. The van der Waals surface area contributed by atoms with Crippen molar-refractivity contribution in [3.63, 3.8) is 0 Å². The van der Waals surface area contributed by atoms with Crippen molar-refractivity contribution in [3.05, 3.63) is 0 Å². The molecule has 3 nitrogen and oxygen atoms in total. The van der Waals surface area contributed by atoms with Gasteiger partial charge in [-0.05, 0) is 18.8 Å². The molecule has 0 aromatic carbocycles. The zero-order valence-electron chi connectivity index (χ0n) is 7.86. The highest BCUT2D eigenvalue weighted by atomic mass is 16.3. The molecule has 1 aliphatic carbocycles. The summed E-state index contributed by atoms with van der Waals surface area (Å²) in [5, 5.41) is 9.04. The van der Waals surface area contributed by atoms with Crippen LogP contribution in [-0.4, -0.2) is 35.6 Å². The molecular weight excluding hydrogens is 166 g/mol. The Labute approximate surface area is 78.7 Å². The first-order valence-corrected chi connectivity index (χ1v) is 4.49. The molecule has 1 rings (SSSR count). The van der Waals surface area contributed by atoms with Crippen molar-refractivity contribution in [2.75, 3.05) is 13.6 Å². The molecule has 0 radical (unpaired) electrons.